The van der Waals surface area contributed by atoms with Crippen molar-refractivity contribution in [2.45, 2.75) is 40.2 Å². The van der Waals surface area contributed by atoms with E-state index in [0.717, 1.165) is 40.8 Å². The molecule has 2 rings (SSSR count). The fourth-order valence-electron chi connectivity index (χ4n) is 1.57. The molecule has 0 atom stereocenters. The van der Waals surface area contributed by atoms with E-state index in [9.17, 15) is 0 Å². The Hall–Kier alpha value is -1.43. The van der Waals surface area contributed by atoms with Crippen LogP contribution in [0.5, 0.6) is 0 Å². The van der Waals surface area contributed by atoms with Crippen LogP contribution >= 0.6 is 11.5 Å². The predicted octanol–water partition coefficient (Wildman–Crippen LogP) is 2.71. The molecule has 0 saturated heterocycles. The third kappa shape index (κ3) is 2.82. The third-order valence-electron chi connectivity index (χ3n) is 2.54. The largest absolute Gasteiger partial charge is 0.361 e. The normalized spacial score (nSPS) is 10.8. The average molecular weight is 252 g/mol. The molecule has 0 radical (unpaired) electrons. The lowest BCUT2D eigenvalue weighted by molar-refractivity contribution is 0.392. The smallest absolute Gasteiger partial charge is 0.202 e. The summed E-state index contributed by atoms with van der Waals surface area (Å²) in [5.74, 6) is 1.77. The molecule has 0 aliphatic heterocycles. The molecule has 2 aromatic rings. The minimum absolute atomic E-state index is 0.682. The molecule has 0 spiro atoms. The first-order valence-electron chi connectivity index (χ1n) is 5.69. The highest BCUT2D eigenvalue weighted by atomic mass is 32.1. The van der Waals surface area contributed by atoms with Gasteiger partial charge in [-0.1, -0.05) is 12.1 Å². The van der Waals surface area contributed by atoms with E-state index in [4.69, 9.17) is 4.52 Å². The number of nitrogens with one attached hydrogen (secondary N) is 1. The summed E-state index contributed by atoms with van der Waals surface area (Å²) in [7, 11) is 0. The second kappa shape index (κ2) is 5.27. The van der Waals surface area contributed by atoms with Gasteiger partial charge in [-0.15, -0.1) is 0 Å². The van der Waals surface area contributed by atoms with E-state index in [2.05, 4.69) is 26.8 Å². The first-order chi connectivity index (χ1) is 8.20. The van der Waals surface area contributed by atoms with E-state index in [1.54, 1.807) is 0 Å². The van der Waals surface area contributed by atoms with Crippen molar-refractivity contribution < 1.29 is 4.52 Å². The lowest BCUT2D eigenvalue weighted by Gasteiger charge is -2.00. The maximum absolute atomic E-state index is 5.10. The zero-order valence-electron chi connectivity index (χ0n) is 10.3. The summed E-state index contributed by atoms with van der Waals surface area (Å²) >= 11 is 1.40. The SMILES string of the molecule is CCCc1nsc(NCc2c(C)noc2C)n1. The van der Waals surface area contributed by atoms with Gasteiger partial charge in [0.15, 0.2) is 0 Å². The maximum Gasteiger partial charge on any atom is 0.202 e. The van der Waals surface area contributed by atoms with Crippen molar-refractivity contribution in [2.75, 3.05) is 5.32 Å². The van der Waals surface area contributed by atoms with Crippen LogP contribution in [0.1, 0.15) is 36.2 Å². The van der Waals surface area contributed by atoms with Gasteiger partial charge >= 0.3 is 0 Å². The monoisotopic (exact) mass is 252 g/mol. The third-order valence-corrected chi connectivity index (χ3v) is 3.25. The van der Waals surface area contributed by atoms with Crippen molar-refractivity contribution in [3.63, 3.8) is 0 Å². The number of rotatable bonds is 5. The number of hydrogen-bond donors (Lipinski definition) is 1. The molecule has 0 unspecified atom stereocenters. The van der Waals surface area contributed by atoms with E-state index in [1.807, 2.05) is 13.8 Å². The van der Waals surface area contributed by atoms with Crippen LogP contribution in [0.3, 0.4) is 0 Å². The van der Waals surface area contributed by atoms with Crippen molar-refractivity contribution in [3.05, 3.63) is 22.8 Å². The fraction of sp³-hybridized carbons (Fsp3) is 0.545. The number of hydrogen-bond acceptors (Lipinski definition) is 6. The van der Waals surface area contributed by atoms with Gasteiger partial charge in [0.05, 0.1) is 5.69 Å². The Morgan fingerprint density at radius 2 is 2.18 bits per heavy atom. The number of nitrogens with zero attached hydrogens (tertiary/aromatic N) is 3. The fourth-order valence-corrected chi connectivity index (χ4v) is 2.18. The quantitative estimate of drug-likeness (QED) is 0.886. The van der Waals surface area contributed by atoms with Crippen molar-refractivity contribution in [1.29, 1.82) is 0 Å². The summed E-state index contributed by atoms with van der Waals surface area (Å²) in [5.41, 5.74) is 2.02. The molecule has 2 heterocycles. The molecule has 17 heavy (non-hydrogen) atoms. The first kappa shape index (κ1) is 12.0. The standard InChI is InChI=1S/C11H16N4OS/c1-4-5-10-13-11(17-15-10)12-6-9-7(2)14-16-8(9)3/h4-6H2,1-3H3,(H,12,13,15). The molecule has 0 aliphatic rings. The lowest BCUT2D eigenvalue weighted by Crippen LogP contribution is -2.01. The molecule has 0 bridgehead atoms. The Labute approximate surface area is 104 Å². The van der Waals surface area contributed by atoms with Crippen molar-refractivity contribution >= 4 is 16.7 Å². The zero-order chi connectivity index (χ0) is 12.3. The summed E-state index contributed by atoms with van der Waals surface area (Å²) in [5, 5.41) is 8.02. The highest BCUT2D eigenvalue weighted by Crippen LogP contribution is 2.17. The van der Waals surface area contributed by atoms with Crippen LogP contribution in [0, 0.1) is 13.8 Å². The number of anilines is 1. The van der Waals surface area contributed by atoms with Gasteiger partial charge in [0.25, 0.3) is 0 Å². The minimum atomic E-state index is 0.682. The highest BCUT2D eigenvalue weighted by molar-refractivity contribution is 7.09. The predicted molar refractivity (Wildman–Crippen MR) is 67.2 cm³/mol. The Morgan fingerprint density at radius 1 is 1.35 bits per heavy atom. The molecule has 0 fully saturated rings. The first-order valence-corrected chi connectivity index (χ1v) is 6.46. The van der Waals surface area contributed by atoms with Crippen LogP contribution in [0.2, 0.25) is 0 Å². The van der Waals surface area contributed by atoms with Crippen LogP contribution in [0.15, 0.2) is 4.52 Å². The summed E-state index contributed by atoms with van der Waals surface area (Å²) in [4.78, 5) is 4.40. The highest BCUT2D eigenvalue weighted by Gasteiger charge is 2.09. The van der Waals surface area contributed by atoms with Crippen molar-refractivity contribution in [1.82, 2.24) is 14.5 Å². The molecule has 5 nitrogen and oxygen atoms in total. The summed E-state index contributed by atoms with van der Waals surface area (Å²) in [6.45, 7) is 6.66. The van der Waals surface area contributed by atoms with Crippen LogP contribution in [-0.2, 0) is 13.0 Å². The topological polar surface area (TPSA) is 63.8 Å². The number of aryl methyl sites for hydroxylation is 3. The van der Waals surface area contributed by atoms with Gasteiger partial charge in [0.1, 0.15) is 11.6 Å². The molecule has 6 heteroatoms. The Bertz CT molecular complexity index is 472. The second-order valence-electron chi connectivity index (χ2n) is 3.92. The molecule has 0 aliphatic carbocycles. The van der Waals surface area contributed by atoms with Gasteiger partial charge in [-0.05, 0) is 20.3 Å². The molecular weight excluding hydrogens is 236 g/mol. The lowest BCUT2D eigenvalue weighted by atomic mass is 10.2. The Kier molecular flexibility index (Phi) is 3.73. The van der Waals surface area contributed by atoms with E-state index in [1.165, 1.54) is 11.5 Å². The molecule has 92 valence electrons. The van der Waals surface area contributed by atoms with Gasteiger partial charge in [-0.25, -0.2) is 4.98 Å². The summed E-state index contributed by atoms with van der Waals surface area (Å²) < 4.78 is 9.38. The van der Waals surface area contributed by atoms with Gasteiger partial charge in [0.2, 0.25) is 5.13 Å². The molecule has 0 aromatic carbocycles. The average Bonchev–Trinajstić information content (AvgIpc) is 2.86. The number of aromatic nitrogens is 3. The molecular formula is C11H16N4OS. The zero-order valence-corrected chi connectivity index (χ0v) is 11.1. The maximum atomic E-state index is 5.10. The molecule has 0 amide bonds. The van der Waals surface area contributed by atoms with E-state index in [0.29, 0.717) is 6.54 Å². The Morgan fingerprint density at radius 3 is 2.82 bits per heavy atom. The van der Waals surface area contributed by atoms with Gasteiger partial charge in [-0.2, -0.15) is 4.37 Å². The Balaban J connectivity index is 1.97. The van der Waals surface area contributed by atoms with Crippen LogP contribution in [0.25, 0.3) is 0 Å². The van der Waals surface area contributed by atoms with Crippen molar-refractivity contribution in [3.8, 4) is 0 Å². The minimum Gasteiger partial charge on any atom is -0.361 e. The molecule has 0 saturated carbocycles. The van der Waals surface area contributed by atoms with Crippen LogP contribution in [-0.4, -0.2) is 14.5 Å². The van der Waals surface area contributed by atoms with Crippen molar-refractivity contribution in [2.24, 2.45) is 0 Å². The van der Waals surface area contributed by atoms with Crippen LogP contribution in [0.4, 0.5) is 5.13 Å². The van der Waals surface area contributed by atoms with Gasteiger partial charge in [-0.3, -0.25) is 0 Å². The van der Waals surface area contributed by atoms with E-state index in [-0.39, 0.29) is 0 Å². The van der Waals surface area contributed by atoms with Gasteiger partial charge in [0, 0.05) is 30.1 Å². The summed E-state index contributed by atoms with van der Waals surface area (Å²) in [6, 6.07) is 0. The molecule has 1 N–H and O–H groups in total. The second-order valence-corrected chi connectivity index (χ2v) is 4.67. The molecule has 2 aromatic heterocycles. The van der Waals surface area contributed by atoms with E-state index >= 15 is 0 Å². The summed E-state index contributed by atoms with van der Waals surface area (Å²) in [6.07, 6.45) is 2.00. The van der Waals surface area contributed by atoms with E-state index < -0.39 is 0 Å². The van der Waals surface area contributed by atoms with Crippen LogP contribution < -0.4 is 5.32 Å². The van der Waals surface area contributed by atoms with Gasteiger partial charge < -0.3 is 9.84 Å².